The van der Waals surface area contributed by atoms with Gasteiger partial charge in [-0.05, 0) is 12.1 Å². The number of pyridine rings is 1. The molecule has 0 spiro atoms. The summed E-state index contributed by atoms with van der Waals surface area (Å²) in [6.07, 6.45) is 1.74. The van der Waals surface area contributed by atoms with Gasteiger partial charge in [-0.25, -0.2) is 4.98 Å². The molecule has 0 aromatic carbocycles. The van der Waals surface area contributed by atoms with Crippen molar-refractivity contribution < 1.29 is 14.3 Å². The summed E-state index contributed by atoms with van der Waals surface area (Å²) in [5.74, 6) is 0.592. The number of anilines is 2. The van der Waals surface area contributed by atoms with Gasteiger partial charge in [0.2, 0.25) is 0 Å². The smallest absolute Gasteiger partial charge is 0.308 e. The van der Waals surface area contributed by atoms with E-state index in [4.69, 9.17) is 10.5 Å². The van der Waals surface area contributed by atoms with Crippen molar-refractivity contribution in [1.29, 1.82) is 0 Å². The summed E-state index contributed by atoms with van der Waals surface area (Å²) in [4.78, 5) is 17.6. The van der Waals surface area contributed by atoms with Crippen LogP contribution in [0.4, 0.5) is 11.5 Å². The van der Waals surface area contributed by atoms with Gasteiger partial charge >= 0.3 is 5.97 Å². The van der Waals surface area contributed by atoms with Gasteiger partial charge in [0.25, 0.3) is 0 Å². The molecular formula is C12H17N3O3. The van der Waals surface area contributed by atoms with Crippen molar-refractivity contribution in [2.24, 2.45) is 0 Å². The highest BCUT2D eigenvalue weighted by Crippen LogP contribution is 2.17. The number of carbonyl (C=O) groups excluding carboxylic acids is 1. The van der Waals surface area contributed by atoms with Crippen molar-refractivity contribution in [3.05, 3.63) is 18.3 Å². The number of nitrogens with two attached hydrogens (primary N) is 1. The number of aromatic nitrogens is 1. The molecule has 0 amide bonds. The first-order valence-corrected chi connectivity index (χ1v) is 5.84. The van der Waals surface area contributed by atoms with E-state index in [0.717, 1.165) is 12.4 Å². The Morgan fingerprint density at radius 3 is 3.17 bits per heavy atom. The van der Waals surface area contributed by atoms with Crippen molar-refractivity contribution >= 4 is 17.5 Å². The lowest BCUT2D eigenvalue weighted by molar-refractivity contribution is -0.144. The quantitative estimate of drug-likeness (QED) is 0.785. The number of carbonyl (C=O) groups is 1. The van der Waals surface area contributed by atoms with Crippen molar-refractivity contribution in [2.75, 3.05) is 37.4 Å². The summed E-state index contributed by atoms with van der Waals surface area (Å²) >= 11 is 0. The number of hydrogen-bond acceptors (Lipinski definition) is 6. The average molecular weight is 251 g/mol. The summed E-state index contributed by atoms with van der Waals surface area (Å²) in [7, 11) is 1.38. The third-order valence-corrected chi connectivity index (χ3v) is 2.86. The first kappa shape index (κ1) is 12.6. The lowest BCUT2D eigenvalue weighted by atomic mass is 10.2. The predicted octanol–water partition coefficient (Wildman–Crippen LogP) is 0.432. The van der Waals surface area contributed by atoms with Crippen LogP contribution in [0.3, 0.4) is 0 Å². The molecule has 6 heteroatoms. The Labute approximate surface area is 106 Å². The third kappa shape index (κ3) is 3.10. The van der Waals surface area contributed by atoms with Gasteiger partial charge < -0.3 is 20.1 Å². The molecule has 1 aliphatic heterocycles. The average Bonchev–Trinajstić information content (AvgIpc) is 2.40. The number of rotatable bonds is 3. The fourth-order valence-corrected chi connectivity index (χ4v) is 1.90. The van der Waals surface area contributed by atoms with Gasteiger partial charge in [-0.3, -0.25) is 4.79 Å². The number of hydrogen-bond donors (Lipinski definition) is 1. The molecular weight excluding hydrogens is 234 g/mol. The van der Waals surface area contributed by atoms with E-state index in [1.165, 1.54) is 7.11 Å². The molecule has 18 heavy (non-hydrogen) atoms. The fourth-order valence-electron chi connectivity index (χ4n) is 1.90. The molecule has 1 aliphatic rings. The van der Waals surface area contributed by atoms with Crippen LogP contribution in [0.2, 0.25) is 0 Å². The summed E-state index contributed by atoms with van der Waals surface area (Å²) in [5.41, 5.74) is 6.24. The first-order chi connectivity index (χ1) is 8.69. The minimum atomic E-state index is -0.257. The fraction of sp³-hybridized carbons (Fsp3) is 0.500. The maximum atomic E-state index is 11.2. The molecule has 1 aromatic heterocycles. The van der Waals surface area contributed by atoms with Gasteiger partial charge in [-0.1, -0.05) is 0 Å². The van der Waals surface area contributed by atoms with Gasteiger partial charge in [-0.2, -0.15) is 0 Å². The molecule has 0 saturated carbocycles. The van der Waals surface area contributed by atoms with Crippen molar-refractivity contribution in [2.45, 2.75) is 12.5 Å². The molecule has 2 rings (SSSR count). The Hall–Kier alpha value is -1.82. The Morgan fingerprint density at radius 1 is 1.67 bits per heavy atom. The van der Waals surface area contributed by atoms with Crippen LogP contribution in [0.1, 0.15) is 6.42 Å². The zero-order valence-corrected chi connectivity index (χ0v) is 10.3. The normalized spacial score (nSPS) is 19.6. The highest BCUT2D eigenvalue weighted by atomic mass is 16.5. The summed E-state index contributed by atoms with van der Waals surface area (Å²) < 4.78 is 10.2. The molecule has 1 aromatic rings. The topological polar surface area (TPSA) is 77.7 Å². The summed E-state index contributed by atoms with van der Waals surface area (Å²) in [6.45, 7) is 1.97. The minimum Gasteiger partial charge on any atom is -0.469 e. The van der Waals surface area contributed by atoms with Crippen LogP contribution in [0.5, 0.6) is 0 Å². The largest absolute Gasteiger partial charge is 0.469 e. The zero-order valence-electron chi connectivity index (χ0n) is 10.3. The Kier molecular flexibility index (Phi) is 3.99. The zero-order chi connectivity index (χ0) is 13.0. The molecule has 1 unspecified atom stereocenters. The molecule has 0 aliphatic carbocycles. The molecule has 6 nitrogen and oxygen atoms in total. The molecule has 2 heterocycles. The molecule has 0 radical (unpaired) electrons. The van der Waals surface area contributed by atoms with Gasteiger partial charge in [0.15, 0.2) is 0 Å². The number of methoxy groups -OCH3 is 1. The van der Waals surface area contributed by atoms with E-state index in [1.807, 2.05) is 12.1 Å². The van der Waals surface area contributed by atoms with Crippen molar-refractivity contribution in [3.8, 4) is 0 Å². The monoisotopic (exact) mass is 251 g/mol. The second-order valence-corrected chi connectivity index (χ2v) is 4.17. The van der Waals surface area contributed by atoms with E-state index in [1.54, 1.807) is 6.20 Å². The van der Waals surface area contributed by atoms with Crippen LogP contribution in [0.25, 0.3) is 0 Å². The van der Waals surface area contributed by atoms with Crippen LogP contribution in [0, 0.1) is 0 Å². The van der Waals surface area contributed by atoms with Gasteiger partial charge in [0.1, 0.15) is 5.82 Å². The minimum absolute atomic E-state index is 0.148. The standard InChI is InChI=1S/C12H17N3O3/c1-17-12(16)6-10-8-15(4-5-18-10)11-3-2-9(13)7-14-11/h2-3,7,10H,4-6,8,13H2,1H3. The van der Waals surface area contributed by atoms with E-state index >= 15 is 0 Å². The highest BCUT2D eigenvalue weighted by Gasteiger charge is 2.23. The molecule has 1 atom stereocenters. The van der Waals surface area contributed by atoms with Crippen LogP contribution in [0.15, 0.2) is 18.3 Å². The number of nitrogen functional groups attached to an aromatic ring is 1. The molecule has 0 bridgehead atoms. The lowest BCUT2D eigenvalue weighted by Crippen LogP contribution is -2.43. The van der Waals surface area contributed by atoms with Crippen LogP contribution in [-0.4, -0.2) is 43.9 Å². The summed E-state index contributed by atoms with van der Waals surface area (Å²) in [5, 5.41) is 0. The Morgan fingerprint density at radius 2 is 2.50 bits per heavy atom. The van der Waals surface area contributed by atoms with E-state index in [2.05, 4.69) is 14.6 Å². The van der Waals surface area contributed by atoms with Crippen LogP contribution >= 0.6 is 0 Å². The van der Waals surface area contributed by atoms with Crippen LogP contribution in [-0.2, 0) is 14.3 Å². The maximum Gasteiger partial charge on any atom is 0.308 e. The van der Waals surface area contributed by atoms with Crippen molar-refractivity contribution in [1.82, 2.24) is 4.98 Å². The van der Waals surface area contributed by atoms with E-state index in [0.29, 0.717) is 18.8 Å². The molecule has 1 saturated heterocycles. The molecule has 1 fully saturated rings. The highest BCUT2D eigenvalue weighted by molar-refractivity contribution is 5.69. The number of esters is 1. The Bertz CT molecular complexity index is 408. The second-order valence-electron chi connectivity index (χ2n) is 4.17. The predicted molar refractivity (Wildman–Crippen MR) is 67.2 cm³/mol. The second kappa shape index (κ2) is 5.68. The van der Waals surface area contributed by atoms with E-state index in [-0.39, 0.29) is 18.5 Å². The first-order valence-electron chi connectivity index (χ1n) is 5.84. The van der Waals surface area contributed by atoms with E-state index in [9.17, 15) is 4.79 Å². The number of morpholine rings is 1. The molecule has 2 N–H and O–H groups in total. The number of ether oxygens (including phenoxy) is 2. The number of nitrogens with zero attached hydrogens (tertiary/aromatic N) is 2. The van der Waals surface area contributed by atoms with Crippen molar-refractivity contribution in [3.63, 3.8) is 0 Å². The SMILES string of the molecule is COC(=O)CC1CN(c2ccc(N)cn2)CCO1. The lowest BCUT2D eigenvalue weighted by Gasteiger charge is -2.33. The Balaban J connectivity index is 1.98. The summed E-state index contributed by atoms with van der Waals surface area (Å²) in [6, 6.07) is 3.68. The third-order valence-electron chi connectivity index (χ3n) is 2.86. The van der Waals surface area contributed by atoms with Gasteiger partial charge in [0, 0.05) is 13.1 Å². The maximum absolute atomic E-state index is 11.2. The van der Waals surface area contributed by atoms with Gasteiger partial charge in [0.05, 0.1) is 38.1 Å². The van der Waals surface area contributed by atoms with Gasteiger partial charge in [-0.15, -0.1) is 0 Å². The van der Waals surface area contributed by atoms with E-state index < -0.39 is 0 Å². The van der Waals surface area contributed by atoms with Crippen LogP contribution < -0.4 is 10.6 Å². The molecule has 98 valence electrons.